The maximum atomic E-state index is 11.6. The maximum absolute atomic E-state index is 11.6. The van der Waals surface area contributed by atoms with Crippen LogP contribution in [0.25, 0.3) is 16.9 Å². The van der Waals surface area contributed by atoms with E-state index in [-0.39, 0.29) is 12.3 Å². The number of carbonyl (C=O) groups is 2. The number of rotatable bonds is 7. The number of nitrogens with two attached hydrogens (primary N) is 1. The van der Waals surface area contributed by atoms with Gasteiger partial charge in [-0.25, -0.2) is 9.50 Å². The van der Waals surface area contributed by atoms with Gasteiger partial charge in [0.1, 0.15) is 12.2 Å². The Morgan fingerprint density at radius 1 is 1.25 bits per heavy atom. The summed E-state index contributed by atoms with van der Waals surface area (Å²) in [6, 6.07) is 12.4. The second kappa shape index (κ2) is 8.18. The van der Waals surface area contributed by atoms with Gasteiger partial charge in [-0.05, 0) is 24.3 Å². The van der Waals surface area contributed by atoms with Crippen molar-refractivity contribution in [3.8, 4) is 17.3 Å². The van der Waals surface area contributed by atoms with Crippen molar-refractivity contribution in [2.45, 2.75) is 6.42 Å². The fourth-order valence-corrected chi connectivity index (χ4v) is 2.65. The number of nitrogens with one attached hydrogen (secondary N) is 1. The highest BCUT2D eigenvalue weighted by Crippen LogP contribution is 2.21. The van der Waals surface area contributed by atoms with Crippen molar-refractivity contribution in [3.05, 3.63) is 48.2 Å². The molecule has 0 saturated heterocycles. The predicted molar refractivity (Wildman–Crippen MR) is 103 cm³/mol. The fourth-order valence-electron chi connectivity index (χ4n) is 2.65. The van der Waals surface area contributed by atoms with Crippen molar-refractivity contribution in [1.29, 1.82) is 5.26 Å². The Morgan fingerprint density at radius 3 is 2.68 bits per heavy atom. The third kappa shape index (κ3) is 4.07. The van der Waals surface area contributed by atoms with Gasteiger partial charge in [-0.1, -0.05) is 12.1 Å². The van der Waals surface area contributed by atoms with E-state index in [0.29, 0.717) is 30.1 Å². The smallest absolute Gasteiger partial charge is 0.248 e. The van der Waals surface area contributed by atoms with E-state index in [9.17, 15) is 9.59 Å². The lowest BCUT2D eigenvalue weighted by Crippen LogP contribution is -2.31. The minimum absolute atomic E-state index is 0.131. The van der Waals surface area contributed by atoms with Crippen molar-refractivity contribution in [3.63, 3.8) is 0 Å². The number of imidazole rings is 1. The Balaban J connectivity index is 1.74. The van der Waals surface area contributed by atoms with E-state index in [1.165, 1.54) is 4.90 Å². The molecule has 2 heterocycles. The van der Waals surface area contributed by atoms with E-state index < -0.39 is 5.91 Å². The summed E-state index contributed by atoms with van der Waals surface area (Å²) in [5, 5.41) is 16.3. The Morgan fingerprint density at radius 2 is 2.00 bits per heavy atom. The fraction of sp³-hybridized carbons (Fsp3) is 0.211. The van der Waals surface area contributed by atoms with Gasteiger partial charge in [0.2, 0.25) is 11.8 Å². The number of nitrogens with zero attached hydrogens (tertiary/aromatic N) is 5. The van der Waals surface area contributed by atoms with E-state index in [1.54, 1.807) is 48.1 Å². The molecule has 3 N–H and O–H groups in total. The molecule has 0 atom stereocenters. The second-order valence-corrected chi connectivity index (χ2v) is 6.15. The van der Waals surface area contributed by atoms with Gasteiger partial charge in [0, 0.05) is 31.3 Å². The van der Waals surface area contributed by atoms with Gasteiger partial charge in [-0.15, -0.1) is 5.10 Å². The summed E-state index contributed by atoms with van der Waals surface area (Å²) in [5.41, 5.74) is 8.02. The van der Waals surface area contributed by atoms with E-state index in [4.69, 9.17) is 11.0 Å². The van der Waals surface area contributed by atoms with Crippen LogP contribution >= 0.6 is 0 Å². The molecule has 2 aromatic heterocycles. The minimum Gasteiger partial charge on any atom is -0.367 e. The van der Waals surface area contributed by atoms with Crippen molar-refractivity contribution < 1.29 is 9.59 Å². The molecule has 3 rings (SSSR count). The van der Waals surface area contributed by atoms with Crippen molar-refractivity contribution in [2.24, 2.45) is 5.73 Å². The van der Waals surface area contributed by atoms with E-state index >= 15 is 0 Å². The van der Waals surface area contributed by atoms with Crippen LogP contribution in [-0.2, 0) is 4.79 Å². The molecule has 9 heteroatoms. The lowest BCUT2D eigenvalue weighted by atomic mass is 10.1. The first kappa shape index (κ1) is 18.8. The molecule has 28 heavy (non-hydrogen) atoms. The third-order valence-corrected chi connectivity index (χ3v) is 4.24. The van der Waals surface area contributed by atoms with E-state index in [1.807, 2.05) is 12.1 Å². The minimum atomic E-state index is -0.479. The molecule has 0 radical (unpaired) electrons. The van der Waals surface area contributed by atoms with E-state index in [0.717, 1.165) is 11.3 Å². The number of benzene rings is 1. The Kier molecular flexibility index (Phi) is 5.50. The summed E-state index contributed by atoms with van der Waals surface area (Å²) in [4.78, 5) is 28.7. The van der Waals surface area contributed by atoms with Gasteiger partial charge in [0.15, 0.2) is 5.65 Å². The van der Waals surface area contributed by atoms with Crippen LogP contribution in [-0.4, -0.2) is 51.4 Å². The maximum Gasteiger partial charge on any atom is 0.248 e. The lowest BCUT2D eigenvalue weighted by Gasteiger charge is -2.16. The molecule has 2 amide bonds. The summed E-state index contributed by atoms with van der Waals surface area (Å²) in [6.45, 7) is 0.940. The van der Waals surface area contributed by atoms with Gasteiger partial charge in [0.05, 0.1) is 18.0 Å². The molecule has 0 saturated carbocycles. The van der Waals surface area contributed by atoms with Crippen molar-refractivity contribution in [1.82, 2.24) is 19.5 Å². The Labute approximate surface area is 161 Å². The van der Waals surface area contributed by atoms with Crippen LogP contribution in [0, 0.1) is 11.3 Å². The topological polar surface area (TPSA) is 129 Å². The molecule has 0 aliphatic heterocycles. The molecule has 1 aromatic carbocycles. The van der Waals surface area contributed by atoms with Gasteiger partial charge in [-0.2, -0.15) is 5.26 Å². The second-order valence-electron chi connectivity index (χ2n) is 6.15. The summed E-state index contributed by atoms with van der Waals surface area (Å²) in [6.07, 6.45) is 1.58. The number of primary amides is 1. The molecular formula is C19H19N7O2. The van der Waals surface area contributed by atoms with Gasteiger partial charge < -0.3 is 16.0 Å². The highest BCUT2D eigenvalue weighted by Gasteiger charge is 2.10. The van der Waals surface area contributed by atoms with Crippen LogP contribution in [0.1, 0.15) is 16.8 Å². The summed E-state index contributed by atoms with van der Waals surface area (Å²) in [7, 11) is 1.65. The quantitative estimate of drug-likeness (QED) is 0.638. The summed E-state index contributed by atoms with van der Waals surface area (Å²) in [5.74, 6) is -0.0711. The molecule has 0 unspecified atom stereocenters. The molecule has 0 aliphatic rings. The zero-order valence-electron chi connectivity index (χ0n) is 15.3. The lowest BCUT2D eigenvalue weighted by molar-refractivity contribution is -0.128. The number of aromatic nitrogens is 3. The average Bonchev–Trinajstić information content (AvgIpc) is 3.11. The number of nitriles is 1. The number of fused-ring (bicyclic) bond motifs is 1. The molecule has 9 nitrogen and oxygen atoms in total. The SMILES string of the molecule is CN(CCNc1ccc2ncc(-c3ccc(C(N)=O)cc3)n2n1)C(=O)CC#N. The van der Waals surface area contributed by atoms with Crippen molar-refractivity contribution >= 4 is 23.3 Å². The number of likely N-dealkylation sites (N-methyl/N-ethyl adjacent to an activating group) is 1. The average molecular weight is 377 g/mol. The largest absolute Gasteiger partial charge is 0.367 e. The summed E-state index contributed by atoms with van der Waals surface area (Å²) >= 11 is 0. The van der Waals surface area contributed by atoms with Crippen LogP contribution in [0.4, 0.5) is 5.82 Å². The summed E-state index contributed by atoms with van der Waals surface area (Å²) < 4.78 is 1.70. The van der Waals surface area contributed by atoms with Crippen LogP contribution in [0.2, 0.25) is 0 Å². The number of hydrogen-bond donors (Lipinski definition) is 2. The number of anilines is 1. The Hall–Kier alpha value is -3.93. The highest BCUT2D eigenvalue weighted by atomic mass is 16.2. The predicted octanol–water partition coefficient (Wildman–Crippen LogP) is 1.28. The van der Waals surface area contributed by atoms with Gasteiger partial charge in [-0.3, -0.25) is 9.59 Å². The molecule has 3 aromatic rings. The van der Waals surface area contributed by atoms with E-state index in [2.05, 4.69) is 15.4 Å². The third-order valence-electron chi connectivity index (χ3n) is 4.24. The first-order valence-electron chi connectivity index (χ1n) is 8.59. The normalized spacial score (nSPS) is 10.4. The monoisotopic (exact) mass is 377 g/mol. The van der Waals surface area contributed by atoms with Crippen LogP contribution < -0.4 is 11.1 Å². The number of carbonyl (C=O) groups excluding carboxylic acids is 2. The molecule has 0 spiro atoms. The molecule has 0 aliphatic carbocycles. The first-order chi connectivity index (χ1) is 13.5. The zero-order valence-corrected chi connectivity index (χ0v) is 15.3. The Bertz CT molecular complexity index is 1050. The van der Waals surface area contributed by atoms with Gasteiger partial charge >= 0.3 is 0 Å². The number of hydrogen-bond acceptors (Lipinski definition) is 6. The number of amides is 2. The molecule has 142 valence electrons. The molecular weight excluding hydrogens is 358 g/mol. The van der Waals surface area contributed by atoms with Crippen LogP contribution in [0.3, 0.4) is 0 Å². The van der Waals surface area contributed by atoms with Gasteiger partial charge in [0.25, 0.3) is 0 Å². The van der Waals surface area contributed by atoms with Crippen LogP contribution in [0.5, 0.6) is 0 Å². The molecule has 0 fully saturated rings. The highest BCUT2D eigenvalue weighted by molar-refractivity contribution is 5.93. The van der Waals surface area contributed by atoms with Crippen molar-refractivity contribution in [2.75, 3.05) is 25.5 Å². The zero-order chi connectivity index (χ0) is 20.1. The standard InChI is InChI=1S/C19H19N7O2/c1-25(18(27)8-9-20)11-10-22-16-6-7-17-23-12-15(26(17)24-16)13-2-4-14(5-3-13)19(21)28/h2-7,12H,8,10-11H2,1H3,(H2,21,28)(H,22,24). The van der Waals surface area contributed by atoms with Crippen LogP contribution in [0.15, 0.2) is 42.6 Å². The molecule has 0 bridgehead atoms. The first-order valence-corrected chi connectivity index (χ1v) is 8.59.